The Hall–Kier alpha value is -2.41. The Kier molecular flexibility index (Phi) is 6.67. The molecule has 4 N–H and O–H groups in total. The van der Waals surface area contributed by atoms with Gasteiger partial charge in [-0.05, 0) is 79.6 Å². The molecule has 0 aromatic heterocycles. The molecule has 1 heterocycles. The third kappa shape index (κ3) is 5.19. The second kappa shape index (κ2) is 9.60. The maximum atomic E-state index is 12.2. The molecule has 6 nitrogen and oxygen atoms in total. The van der Waals surface area contributed by atoms with Crippen molar-refractivity contribution in [3.05, 3.63) is 59.2 Å². The van der Waals surface area contributed by atoms with Gasteiger partial charge >= 0.3 is 0 Å². The lowest BCUT2D eigenvalue weighted by Gasteiger charge is -2.27. The van der Waals surface area contributed by atoms with Crippen LogP contribution in [0.1, 0.15) is 42.1 Å². The zero-order chi connectivity index (χ0) is 20.9. The standard InChI is InChI=1S/C24H30N2O4/c27-20-8-4-17(5-9-20)23(28)14-26-19-7-3-16-6-10-21(13-18(16)12-19)30-15-24(29)22-2-1-11-25-22/h4-6,8-10,13,19,22-23,25-28H,1-3,7,11-12,14-15H2/t19-,22?,23?/m0/s1. The summed E-state index contributed by atoms with van der Waals surface area (Å²) in [7, 11) is 0. The van der Waals surface area contributed by atoms with Crippen molar-refractivity contribution in [3.63, 3.8) is 0 Å². The van der Waals surface area contributed by atoms with Crippen molar-refractivity contribution < 1.29 is 19.7 Å². The summed E-state index contributed by atoms with van der Waals surface area (Å²) in [5.41, 5.74) is 3.35. The van der Waals surface area contributed by atoms with Crippen LogP contribution in [0.3, 0.4) is 0 Å². The number of fused-ring (bicyclic) bond motifs is 1. The van der Waals surface area contributed by atoms with Crippen LogP contribution in [0, 0.1) is 0 Å². The minimum absolute atomic E-state index is 0.0591. The van der Waals surface area contributed by atoms with Crippen molar-refractivity contribution in [1.82, 2.24) is 10.6 Å². The van der Waals surface area contributed by atoms with Crippen LogP contribution in [-0.4, -0.2) is 47.8 Å². The number of hydrogen-bond acceptors (Lipinski definition) is 6. The molecule has 1 fully saturated rings. The molecular formula is C24H30N2O4. The summed E-state index contributed by atoms with van der Waals surface area (Å²) in [5, 5.41) is 26.5. The average Bonchev–Trinajstić information content (AvgIpc) is 3.31. The van der Waals surface area contributed by atoms with Crippen LogP contribution in [0.15, 0.2) is 42.5 Å². The molecule has 0 radical (unpaired) electrons. The number of benzene rings is 2. The van der Waals surface area contributed by atoms with Crippen LogP contribution in [0.25, 0.3) is 0 Å². The number of aliphatic hydroxyl groups excluding tert-OH is 1. The molecule has 3 atom stereocenters. The molecule has 0 amide bonds. The highest BCUT2D eigenvalue weighted by Gasteiger charge is 2.23. The Morgan fingerprint density at radius 3 is 2.77 bits per heavy atom. The minimum atomic E-state index is -0.614. The molecule has 0 spiro atoms. The van der Waals surface area contributed by atoms with Crippen LogP contribution < -0.4 is 15.4 Å². The number of ketones is 1. The van der Waals surface area contributed by atoms with Crippen molar-refractivity contribution in [2.45, 2.75) is 50.3 Å². The van der Waals surface area contributed by atoms with Crippen molar-refractivity contribution in [1.29, 1.82) is 0 Å². The van der Waals surface area contributed by atoms with Crippen molar-refractivity contribution in [2.75, 3.05) is 19.7 Å². The number of rotatable bonds is 8. The number of phenolic OH excluding ortho intramolecular Hbond substituents is 1. The molecular weight excluding hydrogens is 380 g/mol. The first-order chi connectivity index (χ1) is 14.6. The Balaban J connectivity index is 1.29. The van der Waals surface area contributed by atoms with Gasteiger partial charge in [0.15, 0.2) is 5.78 Å². The fraction of sp³-hybridized carbons (Fsp3) is 0.458. The molecule has 1 aliphatic carbocycles. The molecule has 0 bridgehead atoms. The summed E-state index contributed by atoms with van der Waals surface area (Å²) < 4.78 is 5.78. The highest BCUT2D eigenvalue weighted by molar-refractivity contribution is 5.85. The van der Waals surface area contributed by atoms with Crippen LogP contribution in [0.5, 0.6) is 11.5 Å². The summed E-state index contributed by atoms with van der Waals surface area (Å²) in [6.07, 6.45) is 4.19. The van der Waals surface area contributed by atoms with Crippen LogP contribution in [-0.2, 0) is 17.6 Å². The van der Waals surface area contributed by atoms with E-state index in [-0.39, 0.29) is 30.2 Å². The van der Waals surface area contributed by atoms with Crippen LogP contribution in [0.2, 0.25) is 0 Å². The summed E-state index contributed by atoms with van der Waals surface area (Å²) in [4.78, 5) is 12.2. The Bertz CT molecular complexity index is 862. The van der Waals surface area contributed by atoms with E-state index < -0.39 is 6.10 Å². The summed E-state index contributed by atoms with van der Waals surface area (Å²) in [6.45, 7) is 1.48. The Morgan fingerprint density at radius 1 is 1.17 bits per heavy atom. The van der Waals surface area contributed by atoms with Gasteiger partial charge in [-0.3, -0.25) is 4.79 Å². The van der Waals surface area contributed by atoms with Gasteiger partial charge < -0.3 is 25.6 Å². The van der Waals surface area contributed by atoms with Gasteiger partial charge in [-0.1, -0.05) is 18.2 Å². The number of ether oxygens (including phenoxy) is 1. The predicted molar refractivity (Wildman–Crippen MR) is 115 cm³/mol. The quantitative estimate of drug-likeness (QED) is 0.534. The van der Waals surface area contributed by atoms with E-state index in [9.17, 15) is 15.0 Å². The monoisotopic (exact) mass is 410 g/mol. The highest BCUT2D eigenvalue weighted by atomic mass is 16.5. The number of carbonyl (C=O) groups is 1. The number of phenols is 1. The van der Waals surface area contributed by atoms with Gasteiger partial charge in [0.2, 0.25) is 0 Å². The van der Waals surface area contributed by atoms with Crippen molar-refractivity contribution in [2.24, 2.45) is 0 Å². The van der Waals surface area contributed by atoms with Gasteiger partial charge in [-0.25, -0.2) is 0 Å². The second-order valence-electron chi connectivity index (χ2n) is 8.29. The number of aryl methyl sites for hydroxylation is 1. The van der Waals surface area contributed by atoms with Gasteiger partial charge in [0, 0.05) is 12.6 Å². The van der Waals surface area contributed by atoms with E-state index in [0.717, 1.165) is 50.0 Å². The number of hydrogen-bond donors (Lipinski definition) is 4. The lowest BCUT2D eigenvalue weighted by Crippen LogP contribution is -2.37. The molecule has 2 aliphatic rings. The lowest BCUT2D eigenvalue weighted by atomic mass is 9.88. The molecule has 0 saturated carbocycles. The predicted octanol–water partition coefficient (Wildman–Crippen LogP) is 2.27. The van der Waals surface area contributed by atoms with Gasteiger partial charge in [0.1, 0.15) is 18.1 Å². The molecule has 2 aromatic carbocycles. The molecule has 6 heteroatoms. The zero-order valence-electron chi connectivity index (χ0n) is 17.1. The summed E-state index contributed by atoms with van der Waals surface area (Å²) >= 11 is 0. The highest BCUT2D eigenvalue weighted by Crippen LogP contribution is 2.26. The van der Waals surface area contributed by atoms with E-state index in [0.29, 0.717) is 6.54 Å². The van der Waals surface area contributed by atoms with Gasteiger partial charge in [-0.2, -0.15) is 0 Å². The van der Waals surface area contributed by atoms with E-state index in [2.05, 4.69) is 22.8 Å². The first-order valence-corrected chi connectivity index (χ1v) is 10.8. The maximum absolute atomic E-state index is 12.2. The summed E-state index contributed by atoms with van der Waals surface area (Å²) in [6, 6.07) is 13.0. The van der Waals surface area contributed by atoms with E-state index in [1.807, 2.05) is 6.07 Å². The third-order valence-corrected chi connectivity index (χ3v) is 6.11. The molecule has 30 heavy (non-hydrogen) atoms. The van der Waals surface area contributed by atoms with Gasteiger partial charge in [0.05, 0.1) is 12.1 Å². The molecule has 4 rings (SSSR count). The minimum Gasteiger partial charge on any atom is -0.508 e. The topological polar surface area (TPSA) is 90.8 Å². The summed E-state index contributed by atoms with van der Waals surface area (Å²) in [5.74, 6) is 1.06. The number of nitrogens with one attached hydrogen (secondary N) is 2. The molecule has 1 aliphatic heterocycles. The van der Waals surface area contributed by atoms with Crippen molar-refractivity contribution >= 4 is 5.78 Å². The molecule has 2 aromatic rings. The smallest absolute Gasteiger partial charge is 0.186 e. The molecule has 1 saturated heterocycles. The van der Waals surface area contributed by atoms with E-state index >= 15 is 0 Å². The van der Waals surface area contributed by atoms with E-state index in [1.165, 1.54) is 11.1 Å². The fourth-order valence-electron chi connectivity index (χ4n) is 4.30. The lowest BCUT2D eigenvalue weighted by molar-refractivity contribution is -0.122. The van der Waals surface area contributed by atoms with Crippen LogP contribution in [0.4, 0.5) is 0 Å². The number of carbonyl (C=O) groups excluding carboxylic acids is 1. The SMILES string of the molecule is O=C(COc1ccc2c(c1)C[C@@H](NCC(O)c1ccc(O)cc1)CC2)C1CCCN1. The van der Waals surface area contributed by atoms with Crippen LogP contribution >= 0.6 is 0 Å². The Morgan fingerprint density at radius 2 is 2.00 bits per heavy atom. The third-order valence-electron chi connectivity index (χ3n) is 6.11. The normalized spacial score (nSPS) is 21.8. The van der Waals surface area contributed by atoms with E-state index in [1.54, 1.807) is 24.3 Å². The number of Topliss-reactive ketones (excluding diaryl/α,β-unsaturated/α-hetero) is 1. The zero-order valence-corrected chi connectivity index (χ0v) is 17.1. The largest absolute Gasteiger partial charge is 0.508 e. The van der Waals surface area contributed by atoms with Gasteiger partial charge in [0.25, 0.3) is 0 Å². The average molecular weight is 411 g/mol. The Labute approximate surface area is 177 Å². The first-order valence-electron chi connectivity index (χ1n) is 10.8. The maximum Gasteiger partial charge on any atom is 0.186 e. The van der Waals surface area contributed by atoms with Crippen molar-refractivity contribution in [3.8, 4) is 11.5 Å². The molecule has 160 valence electrons. The molecule has 2 unspecified atom stereocenters. The fourth-order valence-corrected chi connectivity index (χ4v) is 4.30. The second-order valence-corrected chi connectivity index (χ2v) is 8.29. The van der Waals surface area contributed by atoms with E-state index in [4.69, 9.17) is 4.74 Å². The van der Waals surface area contributed by atoms with Gasteiger partial charge in [-0.15, -0.1) is 0 Å². The number of aromatic hydroxyl groups is 1. The first kappa shape index (κ1) is 20.8. The number of aliphatic hydroxyl groups is 1.